The highest BCUT2D eigenvalue weighted by molar-refractivity contribution is 7.99. The van der Waals surface area contributed by atoms with Gasteiger partial charge in [-0.1, -0.05) is 48.5 Å². The van der Waals surface area contributed by atoms with Gasteiger partial charge < -0.3 is 0 Å². The van der Waals surface area contributed by atoms with Crippen LogP contribution < -0.4 is 0 Å². The van der Waals surface area contributed by atoms with Crippen molar-refractivity contribution >= 4 is 17.3 Å². The van der Waals surface area contributed by atoms with Gasteiger partial charge >= 0.3 is 0 Å². The Morgan fingerprint density at radius 3 is 2.46 bits per heavy atom. The van der Waals surface area contributed by atoms with Gasteiger partial charge in [-0.25, -0.2) is 0 Å². The second-order valence-electron chi connectivity index (χ2n) is 5.96. The number of allylic oxidation sites excluding steroid dienone is 2. The van der Waals surface area contributed by atoms with Gasteiger partial charge in [-0.3, -0.25) is 10.1 Å². The number of benzene rings is 2. The summed E-state index contributed by atoms with van der Waals surface area (Å²) in [6.07, 6.45) is 0. The maximum Gasteiger partial charge on any atom is 0.211 e. The maximum absolute atomic E-state index is 11.3. The van der Waals surface area contributed by atoms with Gasteiger partial charge in [-0.15, -0.1) is 11.8 Å². The van der Waals surface area contributed by atoms with E-state index in [1.807, 2.05) is 66.7 Å². The smallest absolute Gasteiger partial charge is 0.211 e. The van der Waals surface area contributed by atoms with Crippen LogP contribution in [-0.2, 0) is 0 Å². The van der Waals surface area contributed by atoms with E-state index < -0.39 is 5.92 Å². The molecule has 0 saturated heterocycles. The summed E-state index contributed by atoms with van der Waals surface area (Å²) in [5, 5.41) is 30.3. The first kappa shape index (κ1) is 17.7. The van der Waals surface area contributed by atoms with Gasteiger partial charge in [0.2, 0.25) is 6.54 Å². The number of rotatable bonds is 4. The average molecular weight is 361 g/mol. The summed E-state index contributed by atoms with van der Waals surface area (Å²) in [4.78, 5) is 12.0. The first-order valence-corrected chi connectivity index (χ1v) is 9.07. The number of nitriles is 2. The summed E-state index contributed by atoms with van der Waals surface area (Å²) >= 11 is 1.61. The maximum atomic E-state index is 11.3. The van der Waals surface area contributed by atoms with Crippen molar-refractivity contribution < 1.29 is 4.92 Å². The molecule has 0 spiro atoms. The van der Waals surface area contributed by atoms with Crippen LogP contribution in [0.3, 0.4) is 0 Å². The van der Waals surface area contributed by atoms with Gasteiger partial charge in [0.15, 0.2) is 0 Å². The Morgan fingerprint density at radius 2 is 1.81 bits per heavy atom. The van der Waals surface area contributed by atoms with Crippen LogP contribution in [-0.4, -0.2) is 17.2 Å². The molecule has 26 heavy (non-hydrogen) atoms. The molecule has 0 N–H and O–H groups in total. The van der Waals surface area contributed by atoms with Crippen molar-refractivity contribution in [2.45, 2.75) is 10.8 Å². The zero-order chi connectivity index (χ0) is 18.5. The average Bonchev–Trinajstić information content (AvgIpc) is 2.68. The zero-order valence-electron chi connectivity index (χ0n) is 13.8. The van der Waals surface area contributed by atoms with Crippen molar-refractivity contribution in [2.75, 3.05) is 12.3 Å². The number of fused-ring (bicyclic) bond motifs is 1. The van der Waals surface area contributed by atoms with Gasteiger partial charge in [0.25, 0.3) is 0 Å². The zero-order valence-corrected chi connectivity index (χ0v) is 14.6. The number of hydrogen-bond donors (Lipinski definition) is 0. The van der Waals surface area contributed by atoms with Gasteiger partial charge in [0, 0.05) is 21.5 Å². The molecule has 0 aliphatic carbocycles. The second-order valence-corrected chi connectivity index (χ2v) is 7.02. The van der Waals surface area contributed by atoms with E-state index in [0.717, 1.165) is 16.0 Å². The van der Waals surface area contributed by atoms with Crippen LogP contribution in [0, 0.1) is 38.7 Å². The minimum atomic E-state index is -0.404. The SMILES string of the molecule is N#CC(C#N)=C1c2ccccc2SC[C@H]1[C@@H](C[N+](=O)[O-])c1ccccc1. The molecule has 0 bridgehead atoms. The van der Waals surface area contributed by atoms with E-state index in [1.165, 1.54) is 0 Å². The minimum Gasteiger partial charge on any atom is -0.265 e. The van der Waals surface area contributed by atoms with E-state index in [2.05, 4.69) is 0 Å². The Hall–Kier alpha value is -3.09. The first-order valence-electron chi connectivity index (χ1n) is 8.09. The summed E-state index contributed by atoms with van der Waals surface area (Å²) < 4.78 is 0. The lowest BCUT2D eigenvalue weighted by molar-refractivity contribution is -0.484. The van der Waals surface area contributed by atoms with Crippen LogP contribution in [0.25, 0.3) is 5.57 Å². The molecule has 0 aromatic heterocycles. The van der Waals surface area contributed by atoms with E-state index in [1.54, 1.807) is 11.8 Å². The fraction of sp³-hybridized carbons (Fsp3) is 0.200. The Balaban J connectivity index is 2.18. The van der Waals surface area contributed by atoms with E-state index in [9.17, 15) is 20.6 Å². The fourth-order valence-corrected chi connectivity index (χ4v) is 4.65. The number of nitrogens with zero attached hydrogens (tertiary/aromatic N) is 3. The van der Waals surface area contributed by atoms with Crippen LogP contribution in [0.5, 0.6) is 0 Å². The van der Waals surface area contributed by atoms with Gasteiger partial charge in [-0.05, 0) is 22.8 Å². The van der Waals surface area contributed by atoms with E-state index in [-0.39, 0.29) is 23.0 Å². The Labute approximate surface area is 155 Å². The molecule has 0 fully saturated rings. The van der Waals surface area contributed by atoms with Crippen LogP contribution in [0.15, 0.2) is 65.1 Å². The molecule has 3 rings (SSSR count). The van der Waals surface area contributed by atoms with Crippen molar-refractivity contribution in [1.29, 1.82) is 10.5 Å². The third-order valence-electron chi connectivity index (χ3n) is 4.52. The lowest BCUT2D eigenvalue weighted by Crippen LogP contribution is -2.27. The van der Waals surface area contributed by atoms with E-state index in [4.69, 9.17) is 0 Å². The standard InChI is InChI=1S/C20H15N3O2S/c21-10-15(11-22)20-16-8-4-5-9-19(16)26-13-18(20)17(12-23(24)25)14-6-2-1-3-7-14/h1-9,17-18H,12-13H2/t17-,18-/m0/s1. The largest absolute Gasteiger partial charge is 0.265 e. The first-order chi connectivity index (χ1) is 12.7. The predicted octanol–water partition coefficient (Wildman–Crippen LogP) is 4.27. The summed E-state index contributed by atoms with van der Waals surface area (Å²) in [7, 11) is 0. The Kier molecular flexibility index (Phi) is 5.36. The molecule has 2 aromatic carbocycles. The van der Waals surface area contributed by atoms with Crippen molar-refractivity contribution in [2.24, 2.45) is 5.92 Å². The molecular weight excluding hydrogens is 346 g/mol. The molecule has 128 valence electrons. The lowest BCUT2D eigenvalue weighted by Gasteiger charge is -2.32. The van der Waals surface area contributed by atoms with Crippen molar-refractivity contribution in [3.8, 4) is 12.1 Å². The normalized spacial score (nSPS) is 16.7. The molecule has 1 aliphatic rings. The minimum absolute atomic E-state index is 0.0343. The monoisotopic (exact) mass is 361 g/mol. The molecule has 5 nitrogen and oxygen atoms in total. The van der Waals surface area contributed by atoms with Crippen molar-refractivity contribution in [1.82, 2.24) is 0 Å². The summed E-state index contributed by atoms with van der Waals surface area (Å²) in [5.41, 5.74) is 2.34. The summed E-state index contributed by atoms with van der Waals surface area (Å²) in [6, 6.07) is 20.9. The number of hydrogen-bond acceptors (Lipinski definition) is 5. The molecule has 6 heteroatoms. The lowest BCUT2D eigenvalue weighted by atomic mass is 9.77. The molecule has 2 aromatic rings. The molecule has 2 atom stereocenters. The van der Waals surface area contributed by atoms with Crippen LogP contribution in [0.2, 0.25) is 0 Å². The fourth-order valence-electron chi connectivity index (χ4n) is 3.39. The van der Waals surface area contributed by atoms with Gasteiger partial charge in [-0.2, -0.15) is 10.5 Å². The molecule has 0 radical (unpaired) electrons. The molecule has 0 unspecified atom stereocenters. The Bertz CT molecular complexity index is 926. The topological polar surface area (TPSA) is 90.7 Å². The van der Waals surface area contributed by atoms with Crippen molar-refractivity contribution in [3.63, 3.8) is 0 Å². The predicted molar refractivity (Wildman–Crippen MR) is 99.8 cm³/mol. The highest BCUT2D eigenvalue weighted by atomic mass is 32.2. The molecular formula is C20H15N3O2S. The summed E-state index contributed by atoms with van der Waals surface area (Å²) in [5.74, 6) is -0.0946. The molecule has 1 aliphatic heterocycles. The van der Waals surface area contributed by atoms with Gasteiger partial charge in [0.05, 0.1) is 5.92 Å². The number of nitro groups is 1. The van der Waals surface area contributed by atoms with Crippen molar-refractivity contribution in [3.05, 3.63) is 81.4 Å². The van der Waals surface area contributed by atoms with Crippen LogP contribution >= 0.6 is 11.8 Å². The van der Waals surface area contributed by atoms with Crippen LogP contribution in [0.4, 0.5) is 0 Å². The van der Waals surface area contributed by atoms with E-state index >= 15 is 0 Å². The molecule has 0 saturated carbocycles. The second kappa shape index (κ2) is 7.86. The van der Waals surface area contributed by atoms with E-state index in [0.29, 0.717) is 11.3 Å². The quantitative estimate of drug-likeness (QED) is 0.461. The highest BCUT2D eigenvalue weighted by Gasteiger charge is 2.36. The van der Waals surface area contributed by atoms with Gasteiger partial charge in [0.1, 0.15) is 17.7 Å². The van der Waals surface area contributed by atoms with Crippen LogP contribution in [0.1, 0.15) is 17.0 Å². The number of thioether (sulfide) groups is 1. The third-order valence-corrected chi connectivity index (χ3v) is 5.71. The third kappa shape index (κ3) is 3.46. The summed E-state index contributed by atoms with van der Waals surface area (Å²) in [6.45, 7) is -0.245. The Morgan fingerprint density at radius 1 is 1.15 bits per heavy atom. The highest BCUT2D eigenvalue weighted by Crippen LogP contribution is 2.47. The molecule has 0 amide bonds. The molecule has 1 heterocycles.